The van der Waals surface area contributed by atoms with Gasteiger partial charge in [-0.15, -0.1) is 0 Å². The molecule has 98 valence electrons. The number of nitrogens with one attached hydrogen (secondary N) is 1. The van der Waals surface area contributed by atoms with Crippen molar-refractivity contribution in [1.82, 2.24) is 5.32 Å². The zero-order valence-corrected chi connectivity index (χ0v) is 12.9. The molecule has 2 heteroatoms. The molecule has 1 aliphatic carbocycles. The van der Waals surface area contributed by atoms with Crippen LogP contribution in [0.2, 0.25) is 0 Å². The Labute approximate surface area is 119 Å². The average Bonchev–Trinajstić information content (AvgIpc) is 2.58. The van der Waals surface area contributed by atoms with E-state index in [0.29, 0.717) is 6.04 Å². The Morgan fingerprint density at radius 2 is 2.00 bits per heavy atom. The highest BCUT2D eigenvalue weighted by atomic mass is 79.9. The molecule has 1 atom stereocenters. The monoisotopic (exact) mass is 307 g/mol. The number of allylic oxidation sites excluding steroid dienone is 1. The summed E-state index contributed by atoms with van der Waals surface area (Å²) in [4.78, 5) is 0. The molecule has 0 bridgehead atoms. The van der Waals surface area contributed by atoms with Gasteiger partial charge in [0.15, 0.2) is 0 Å². The second kappa shape index (κ2) is 6.53. The minimum absolute atomic E-state index is 0.374. The quantitative estimate of drug-likeness (QED) is 0.782. The molecule has 0 aromatic heterocycles. The van der Waals surface area contributed by atoms with Crippen molar-refractivity contribution < 1.29 is 0 Å². The van der Waals surface area contributed by atoms with Gasteiger partial charge < -0.3 is 5.32 Å². The van der Waals surface area contributed by atoms with E-state index < -0.39 is 0 Å². The zero-order chi connectivity index (χ0) is 13.0. The summed E-state index contributed by atoms with van der Waals surface area (Å²) in [5.41, 5.74) is 4.25. The van der Waals surface area contributed by atoms with Crippen LogP contribution in [-0.2, 0) is 0 Å². The first-order valence-electron chi connectivity index (χ1n) is 6.84. The molecule has 2 rings (SSSR count). The topological polar surface area (TPSA) is 12.0 Å². The molecule has 1 aromatic carbocycles. The smallest absolute Gasteiger partial charge is 0.0534 e. The lowest BCUT2D eigenvalue weighted by molar-refractivity contribution is 0.628. The van der Waals surface area contributed by atoms with E-state index >= 15 is 0 Å². The van der Waals surface area contributed by atoms with E-state index in [-0.39, 0.29) is 0 Å². The molecule has 0 aliphatic heterocycles. The first-order valence-corrected chi connectivity index (χ1v) is 7.63. The molecule has 1 aliphatic rings. The zero-order valence-electron chi connectivity index (χ0n) is 11.3. The van der Waals surface area contributed by atoms with Gasteiger partial charge in [-0.2, -0.15) is 0 Å². The van der Waals surface area contributed by atoms with Gasteiger partial charge in [0.25, 0.3) is 0 Å². The van der Waals surface area contributed by atoms with Gasteiger partial charge in [0.1, 0.15) is 0 Å². The predicted molar refractivity (Wildman–Crippen MR) is 81.8 cm³/mol. The number of benzene rings is 1. The van der Waals surface area contributed by atoms with Crippen LogP contribution in [0.3, 0.4) is 0 Å². The summed E-state index contributed by atoms with van der Waals surface area (Å²) in [6.07, 6.45) is 8.96. The number of aryl methyl sites for hydroxylation is 1. The fourth-order valence-corrected chi connectivity index (χ4v) is 3.42. The summed E-state index contributed by atoms with van der Waals surface area (Å²) in [7, 11) is 2.06. The van der Waals surface area contributed by atoms with Crippen molar-refractivity contribution in [3.05, 3.63) is 45.4 Å². The molecule has 18 heavy (non-hydrogen) atoms. The molecule has 0 saturated carbocycles. The summed E-state index contributed by atoms with van der Waals surface area (Å²) in [6.45, 7) is 2.16. The summed E-state index contributed by atoms with van der Waals surface area (Å²) in [5.74, 6) is 0. The second-order valence-electron chi connectivity index (χ2n) is 5.16. The molecule has 0 fully saturated rings. The Morgan fingerprint density at radius 1 is 1.17 bits per heavy atom. The highest BCUT2D eigenvalue weighted by Crippen LogP contribution is 2.30. The van der Waals surface area contributed by atoms with Crippen LogP contribution in [0.5, 0.6) is 0 Å². The van der Waals surface area contributed by atoms with Crippen LogP contribution in [0.4, 0.5) is 0 Å². The maximum atomic E-state index is 3.60. The van der Waals surface area contributed by atoms with E-state index in [2.05, 4.69) is 59.5 Å². The Balaban J connectivity index is 2.29. The number of halogens is 1. The van der Waals surface area contributed by atoms with E-state index in [4.69, 9.17) is 0 Å². The van der Waals surface area contributed by atoms with Crippen molar-refractivity contribution in [2.45, 2.75) is 45.1 Å². The fraction of sp³-hybridized carbons (Fsp3) is 0.500. The predicted octanol–water partition coefficient (Wildman–Crippen LogP) is 4.91. The Kier molecular flexibility index (Phi) is 5.02. The highest BCUT2D eigenvalue weighted by Gasteiger charge is 2.16. The number of hydrogen-bond donors (Lipinski definition) is 1. The minimum atomic E-state index is 0.374. The molecule has 0 amide bonds. The van der Waals surface area contributed by atoms with Crippen LogP contribution in [0.15, 0.2) is 34.3 Å². The molecular formula is C16H22BrN. The summed E-state index contributed by atoms with van der Waals surface area (Å²) in [5, 5.41) is 3.48. The Bertz CT molecular complexity index is 416. The molecule has 0 saturated heterocycles. The van der Waals surface area contributed by atoms with Gasteiger partial charge in [0.05, 0.1) is 6.04 Å². The van der Waals surface area contributed by atoms with Gasteiger partial charge >= 0.3 is 0 Å². The number of hydrogen-bond acceptors (Lipinski definition) is 1. The van der Waals surface area contributed by atoms with Crippen LogP contribution >= 0.6 is 15.9 Å². The van der Waals surface area contributed by atoms with E-state index in [9.17, 15) is 0 Å². The van der Waals surface area contributed by atoms with Crippen molar-refractivity contribution in [1.29, 1.82) is 0 Å². The normalized spacial score (nSPS) is 18.1. The van der Waals surface area contributed by atoms with E-state index in [1.807, 2.05) is 0 Å². The largest absolute Gasteiger partial charge is 0.310 e. The lowest BCUT2D eigenvalue weighted by Crippen LogP contribution is -2.19. The minimum Gasteiger partial charge on any atom is -0.310 e. The maximum absolute atomic E-state index is 3.60. The van der Waals surface area contributed by atoms with Crippen molar-refractivity contribution in [2.75, 3.05) is 7.05 Å². The molecule has 0 radical (unpaired) electrons. The molecule has 0 spiro atoms. The van der Waals surface area contributed by atoms with Gasteiger partial charge in [-0.05, 0) is 62.9 Å². The van der Waals surface area contributed by atoms with E-state index in [1.54, 1.807) is 5.57 Å². The van der Waals surface area contributed by atoms with Crippen molar-refractivity contribution in [2.24, 2.45) is 0 Å². The summed E-state index contributed by atoms with van der Waals surface area (Å²) in [6, 6.07) is 7.06. The molecule has 1 nitrogen and oxygen atoms in total. The fourth-order valence-electron chi connectivity index (χ4n) is 2.80. The summed E-state index contributed by atoms with van der Waals surface area (Å²) >= 11 is 3.60. The van der Waals surface area contributed by atoms with Gasteiger partial charge in [-0.25, -0.2) is 0 Å². The van der Waals surface area contributed by atoms with Crippen LogP contribution in [0, 0.1) is 6.92 Å². The number of rotatable bonds is 3. The highest BCUT2D eigenvalue weighted by molar-refractivity contribution is 9.10. The van der Waals surface area contributed by atoms with Gasteiger partial charge in [-0.1, -0.05) is 40.1 Å². The van der Waals surface area contributed by atoms with Crippen LogP contribution in [0.25, 0.3) is 0 Å². The van der Waals surface area contributed by atoms with Crippen LogP contribution in [0.1, 0.15) is 49.3 Å². The molecule has 1 unspecified atom stereocenters. The first kappa shape index (κ1) is 13.8. The SMILES string of the molecule is CNC(C1=CCCCCC1)c1cc(C)cc(Br)c1. The molecular weight excluding hydrogens is 286 g/mol. The van der Waals surface area contributed by atoms with E-state index in [1.165, 1.54) is 47.7 Å². The first-order chi connectivity index (χ1) is 8.70. The third-order valence-electron chi connectivity index (χ3n) is 3.63. The van der Waals surface area contributed by atoms with Crippen molar-refractivity contribution in [3.63, 3.8) is 0 Å². The Morgan fingerprint density at radius 3 is 2.72 bits per heavy atom. The lowest BCUT2D eigenvalue weighted by atomic mass is 9.94. The Hall–Kier alpha value is -0.600. The number of likely N-dealkylation sites (N-methyl/N-ethyl adjacent to an activating group) is 1. The van der Waals surface area contributed by atoms with Crippen LogP contribution < -0.4 is 5.32 Å². The van der Waals surface area contributed by atoms with Gasteiger partial charge in [-0.3, -0.25) is 0 Å². The average molecular weight is 308 g/mol. The molecule has 1 N–H and O–H groups in total. The van der Waals surface area contributed by atoms with Gasteiger partial charge in [0.2, 0.25) is 0 Å². The molecule has 1 aromatic rings. The van der Waals surface area contributed by atoms with E-state index in [0.717, 1.165) is 0 Å². The third kappa shape index (κ3) is 3.46. The second-order valence-corrected chi connectivity index (χ2v) is 6.08. The lowest BCUT2D eigenvalue weighted by Gasteiger charge is -2.21. The van der Waals surface area contributed by atoms with Gasteiger partial charge in [0, 0.05) is 4.47 Å². The maximum Gasteiger partial charge on any atom is 0.0534 e. The molecule has 0 heterocycles. The standard InChI is InChI=1S/C16H22BrN/c1-12-9-14(11-15(17)10-12)16(18-2)13-7-5-3-4-6-8-13/h7,9-11,16,18H,3-6,8H2,1-2H3. The summed E-state index contributed by atoms with van der Waals surface area (Å²) < 4.78 is 1.17. The van der Waals surface area contributed by atoms with Crippen LogP contribution in [-0.4, -0.2) is 7.05 Å². The third-order valence-corrected chi connectivity index (χ3v) is 4.09. The van der Waals surface area contributed by atoms with Crippen molar-refractivity contribution >= 4 is 15.9 Å². The van der Waals surface area contributed by atoms with Crippen molar-refractivity contribution in [3.8, 4) is 0 Å².